The molecule has 5 heteroatoms. The molecule has 1 saturated carbocycles. The van der Waals surface area contributed by atoms with Crippen molar-refractivity contribution in [3.8, 4) is 0 Å². The van der Waals surface area contributed by atoms with Gasteiger partial charge in [-0.15, -0.1) is 0 Å². The van der Waals surface area contributed by atoms with Crippen LogP contribution in [0.1, 0.15) is 69.2 Å². The van der Waals surface area contributed by atoms with Gasteiger partial charge in [-0.05, 0) is 50.2 Å². The van der Waals surface area contributed by atoms with Crippen LogP contribution in [-0.2, 0) is 4.79 Å². The lowest BCUT2D eigenvalue weighted by molar-refractivity contribution is -0.125. The molecule has 0 spiro atoms. The van der Waals surface area contributed by atoms with Crippen LogP contribution >= 0.6 is 0 Å². The van der Waals surface area contributed by atoms with Crippen LogP contribution in [0.25, 0.3) is 0 Å². The summed E-state index contributed by atoms with van der Waals surface area (Å²) in [5.74, 6) is 0.364. The molecule has 2 aliphatic rings. The molecule has 0 bridgehead atoms. The number of carbonyl (C=O) groups excluding carboxylic acids is 2. The lowest BCUT2D eigenvalue weighted by Crippen LogP contribution is -2.54. The fraction of sp³-hybridized carbons (Fsp3) is 0.636. The van der Waals surface area contributed by atoms with Crippen molar-refractivity contribution in [1.82, 2.24) is 10.2 Å². The van der Waals surface area contributed by atoms with E-state index in [1.165, 1.54) is 6.42 Å². The van der Waals surface area contributed by atoms with Crippen LogP contribution in [0.4, 0.5) is 0 Å². The van der Waals surface area contributed by atoms with Gasteiger partial charge in [0.05, 0.1) is 0 Å². The van der Waals surface area contributed by atoms with Gasteiger partial charge in [0.1, 0.15) is 6.04 Å². The third-order valence-electron chi connectivity index (χ3n) is 6.67. The predicted octanol–water partition coefficient (Wildman–Crippen LogP) is 3.09. The quantitative estimate of drug-likeness (QED) is 0.807. The molecular weight excluding hydrogens is 338 g/mol. The smallest absolute Gasteiger partial charge is 0.254 e. The normalized spacial score (nSPS) is 25.1. The Morgan fingerprint density at radius 2 is 1.81 bits per heavy atom. The summed E-state index contributed by atoms with van der Waals surface area (Å²) in [5.41, 5.74) is 6.63. The molecule has 3 N–H and O–H groups in total. The lowest BCUT2D eigenvalue weighted by atomic mass is 9.84. The van der Waals surface area contributed by atoms with E-state index < -0.39 is 0 Å². The first-order chi connectivity index (χ1) is 13.0. The van der Waals surface area contributed by atoms with Crippen LogP contribution in [0.3, 0.4) is 0 Å². The standard InChI is InChI=1S/C22H33N3O2/c1-3-22(23,4-2)15-24-20(26)19-14-17-12-8-9-13-18(17)25(19)21(27)16-10-6-5-7-11-16/h5-7,10-11,17-19H,3-4,8-9,12-15,23H2,1-2H3,(H,24,26). The van der Waals surface area contributed by atoms with E-state index in [-0.39, 0.29) is 29.4 Å². The van der Waals surface area contributed by atoms with Gasteiger partial charge in [-0.25, -0.2) is 0 Å². The van der Waals surface area contributed by atoms with E-state index in [0.717, 1.165) is 38.5 Å². The maximum absolute atomic E-state index is 13.3. The molecule has 0 aromatic heterocycles. The van der Waals surface area contributed by atoms with Gasteiger partial charge in [-0.2, -0.15) is 0 Å². The molecule has 5 nitrogen and oxygen atoms in total. The van der Waals surface area contributed by atoms with E-state index in [0.29, 0.717) is 18.0 Å². The molecule has 3 atom stereocenters. The zero-order chi connectivity index (χ0) is 19.4. The van der Waals surface area contributed by atoms with Crippen LogP contribution in [-0.4, -0.2) is 40.9 Å². The Morgan fingerprint density at radius 3 is 2.48 bits per heavy atom. The van der Waals surface area contributed by atoms with E-state index >= 15 is 0 Å². The molecule has 3 unspecified atom stereocenters. The first-order valence-electron chi connectivity index (χ1n) is 10.4. The van der Waals surface area contributed by atoms with Crippen molar-refractivity contribution < 1.29 is 9.59 Å². The number of nitrogens with one attached hydrogen (secondary N) is 1. The maximum atomic E-state index is 13.3. The van der Waals surface area contributed by atoms with Gasteiger partial charge < -0.3 is 16.0 Å². The second-order valence-electron chi connectivity index (χ2n) is 8.23. The number of amides is 2. The van der Waals surface area contributed by atoms with E-state index in [1.54, 1.807) is 0 Å². The third-order valence-corrected chi connectivity index (χ3v) is 6.67. The van der Waals surface area contributed by atoms with Gasteiger partial charge in [0.25, 0.3) is 5.91 Å². The average molecular weight is 372 g/mol. The Kier molecular flexibility index (Phi) is 6.20. The molecule has 2 fully saturated rings. The van der Waals surface area contributed by atoms with Crippen molar-refractivity contribution in [3.63, 3.8) is 0 Å². The van der Waals surface area contributed by atoms with Gasteiger partial charge in [0.2, 0.25) is 5.91 Å². The van der Waals surface area contributed by atoms with Crippen LogP contribution in [0.5, 0.6) is 0 Å². The molecule has 1 aliphatic heterocycles. The summed E-state index contributed by atoms with van der Waals surface area (Å²) in [7, 11) is 0. The highest BCUT2D eigenvalue weighted by atomic mass is 16.2. The largest absolute Gasteiger partial charge is 0.352 e. The number of rotatable bonds is 6. The molecule has 0 radical (unpaired) electrons. The van der Waals surface area contributed by atoms with Crippen molar-refractivity contribution in [2.24, 2.45) is 11.7 Å². The molecule has 148 valence electrons. The van der Waals surface area contributed by atoms with Gasteiger partial charge in [0, 0.05) is 23.7 Å². The summed E-state index contributed by atoms with van der Waals surface area (Å²) in [6.07, 6.45) is 6.82. The minimum Gasteiger partial charge on any atom is -0.352 e. The van der Waals surface area contributed by atoms with E-state index in [4.69, 9.17) is 5.73 Å². The maximum Gasteiger partial charge on any atom is 0.254 e. The van der Waals surface area contributed by atoms with E-state index in [1.807, 2.05) is 49.1 Å². The molecule has 1 aromatic rings. The first kappa shape index (κ1) is 19.9. The Balaban J connectivity index is 1.79. The number of nitrogens with two attached hydrogens (primary N) is 1. The molecule has 1 saturated heterocycles. The molecule has 1 aromatic carbocycles. The monoisotopic (exact) mass is 371 g/mol. The second-order valence-corrected chi connectivity index (χ2v) is 8.23. The lowest BCUT2D eigenvalue weighted by Gasteiger charge is -2.34. The van der Waals surface area contributed by atoms with Crippen LogP contribution in [0.2, 0.25) is 0 Å². The van der Waals surface area contributed by atoms with E-state index in [2.05, 4.69) is 5.32 Å². The molecule has 1 aliphatic carbocycles. The van der Waals surface area contributed by atoms with Crippen LogP contribution < -0.4 is 11.1 Å². The fourth-order valence-corrected chi connectivity index (χ4v) is 4.60. The number of likely N-dealkylation sites (tertiary alicyclic amines) is 1. The summed E-state index contributed by atoms with van der Waals surface area (Å²) < 4.78 is 0. The highest BCUT2D eigenvalue weighted by Gasteiger charge is 2.47. The van der Waals surface area contributed by atoms with Crippen molar-refractivity contribution >= 4 is 11.8 Å². The van der Waals surface area contributed by atoms with Gasteiger partial charge in [-0.3, -0.25) is 9.59 Å². The summed E-state index contributed by atoms with van der Waals surface area (Å²) >= 11 is 0. The van der Waals surface area contributed by atoms with E-state index in [9.17, 15) is 9.59 Å². The topological polar surface area (TPSA) is 75.4 Å². The van der Waals surface area contributed by atoms with Gasteiger partial charge >= 0.3 is 0 Å². The summed E-state index contributed by atoms with van der Waals surface area (Å²) in [5, 5.41) is 3.06. The minimum absolute atomic E-state index is 0.0184. The van der Waals surface area contributed by atoms with Gasteiger partial charge in [-0.1, -0.05) is 44.9 Å². The molecule has 1 heterocycles. The Bertz CT molecular complexity index is 657. The predicted molar refractivity (Wildman–Crippen MR) is 107 cm³/mol. The average Bonchev–Trinajstić information content (AvgIpc) is 3.11. The molecule has 3 rings (SSSR count). The van der Waals surface area contributed by atoms with Crippen LogP contribution in [0, 0.1) is 5.92 Å². The number of fused-ring (bicyclic) bond motifs is 1. The van der Waals surface area contributed by atoms with Crippen LogP contribution in [0.15, 0.2) is 30.3 Å². The summed E-state index contributed by atoms with van der Waals surface area (Å²) in [6.45, 7) is 4.55. The minimum atomic E-state index is -0.385. The van der Waals surface area contributed by atoms with Crippen molar-refractivity contribution in [2.75, 3.05) is 6.54 Å². The Labute approximate surface area is 162 Å². The third kappa shape index (κ3) is 4.18. The summed E-state index contributed by atoms with van der Waals surface area (Å²) in [6, 6.07) is 9.14. The number of nitrogens with zero attached hydrogens (tertiary/aromatic N) is 1. The highest BCUT2D eigenvalue weighted by Crippen LogP contribution is 2.40. The van der Waals surface area contributed by atoms with Crippen molar-refractivity contribution in [1.29, 1.82) is 0 Å². The zero-order valence-corrected chi connectivity index (χ0v) is 16.6. The Morgan fingerprint density at radius 1 is 1.15 bits per heavy atom. The molecular formula is C22H33N3O2. The van der Waals surface area contributed by atoms with Gasteiger partial charge in [0.15, 0.2) is 0 Å². The zero-order valence-electron chi connectivity index (χ0n) is 16.6. The number of carbonyl (C=O) groups is 2. The number of hydrogen-bond donors (Lipinski definition) is 2. The van der Waals surface area contributed by atoms with Crippen molar-refractivity contribution in [2.45, 2.75) is 76.4 Å². The highest BCUT2D eigenvalue weighted by molar-refractivity contribution is 5.98. The summed E-state index contributed by atoms with van der Waals surface area (Å²) in [4.78, 5) is 28.2. The number of benzene rings is 1. The van der Waals surface area contributed by atoms with Crippen molar-refractivity contribution in [3.05, 3.63) is 35.9 Å². The number of hydrogen-bond acceptors (Lipinski definition) is 3. The molecule has 27 heavy (non-hydrogen) atoms. The molecule has 2 amide bonds. The first-order valence-corrected chi connectivity index (χ1v) is 10.4. The second kappa shape index (κ2) is 8.42. The SMILES string of the molecule is CCC(N)(CC)CNC(=O)C1CC2CCCCC2N1C(=O)c1ccccc1. The fourth-order valence-electron chi connectivity index (χ4n) is 4.60. The Hall–Kier alpha value is -1.88.